The highest BCUT2D eigenvalue weighted by Crippen LogP contribution is 2.42. The number of rotatable bonds is 6. The standard InChI is InChI=1S/C30H33NO2/c1-17(2)24-12-14-26(15-13-24)28-22(7)33-30-19(4)18(3)29(20(5)27(28)30)31-16-23-8-10-25(11-9-23)21(6)32/h8-15,17,31H,16H2,1-7H3. The van der Waals surface area contributed by atoms with E-state index in [4.69, 9.17) is 4.42 Å². The SMILES string of the molecule is CC(=O)c1ccc(CNc2c(C)c(C)c3oc(C)c(-c4ccc(C(C)C)cc4)c3c2C)cc1. The van der Waals surface area contributed by atoms with Crippen molar-refractivity contribution in [3.8, 4) is 11.1 Å². The summed E-state index contributed by atoms with van der Waals surface area (Å²) >= 11 is 0. The first-order chi connectivity index (χ1) is 15.7. The van der Waals surface area contributed by atoms with Gasteiger partial charge in [0.05, 0.1) is 0 Å². The molecule has 3 nitrogen and oxygen atoms in total. The second-order valence-corrected chi connectivity index (χ2v) is 9.37. The molecule has 3 aromatic carbocycles. The number of hydrogen-bond donors (Lipinski definition) is 1. The highest BCUT2D eigenvalue weighted by atomic mass is 16.3. The van der Waals surface area contributed by atoms with Crippen LogP contribution < -0.4 is 5.32 Å². The van der Waals surface area contributed by atoms with Gasteiger partial charge in [-0.2, -0.15) is 0 Å². The number of benzene rings is 3. The van der Waals surface area contributed by atoms with Crippen LogP contribution in [0.1, 0.15) is 70.6 Å². The number of anilines is 1. The van der Waals surface area contributed by atoms with Crippen LogP contribution in [0.4, 0.5) is 5.69 Å². The monoisotopic (exact) mass is 439 g/mol. The zero-order valence-electron chi connectivity index (χ0n) is 20.7. The number of nitrogens with one attached hydrogen (secondary N) is 1. The third-order valence-electron chi connectivity index (χ3n) is 6.81. The van der Waals surface area contributed by atoms with Crippen LogP contribution in [0.2, 0.25) is 0 Å². The lowest BCUT2D eigenvalue weighted by Gasteiger charge is -2.17. The van der Waals surface area contributed by atoms with E-state index in [2.05, 4.69) is 71.1 Å². The number of fused-ring (bicyclic) bond motifs is 1. The molecule has 4 aromatic rings. The number of furan rings is 1. The zero-order valence-corrected chi connectivity index (χ0v) is 20.7. The number of Topliss-reactive ketones (excluding diaryl/α,β-unsaturated/α-hetero) is 1. The number of ketones is 1. The Balaban J connectivity index is 1.76. The zero-order chi connectivity index (χ0) is 23.9. The van der Waals surface area contributed by atoms with Crippen LogP contribution >= 0.6 is 0 Å². The van der Waals surface area contributed by atoms with E-state index in [-0.39, 0.29) is 5.78 Å². The predicted molar refractivity (Wildman–Crippen MR) is 138 cm³/mol. The Kier molecular flexibility index (Phi) is 6.16. The molecule has 1 heterocycles. The van der Waals surface area contributed by atoms with Crippen LogP contribution in [0, 0.1) is 27.7 Å². The topological polar surface area (TPSA) is 42.2 Å². The van der Waals surface area contributed by atoms with Crippen molar-refractivity contribution >= 4 is 22.4 Å². The van der Waals surface area contributed by atoms with Crippen molar-refractivity contribution < 1.29 is 9.21 Å². The second-order valence-electron chi connectivity index (χ2n) is 9.37. The molecule has 0 spiro atoms. The fourth-order valence-corrected chi connectivity index (χ4v) is 4.63. The molecule has 0 bridgehead atoms. The van der Waals surface area contributed by atoms with Crippen molar-refractivity contribution in [3.63, 3.8) is 0 Å². The molecular formula is C30H33NO2. The molecule has 0 saturated carbocycles. The molecule has 0 saturated heterocycles. The van der Waals surface area contributed by atoms with Gasteiger partial charge < -0.3 is 9.73 Å². The molecule has 1 aromatic heterocycles. The maximum absolute atomic E-state index is 11.6. The van der Waals surface area contributed by atoms with Gasteiger partial charge in [-0.3, -0.25) is 4.79 Å². The minimum absolute atomic E-state index is 0.0894. The van der Waals surface area contributed by atoms with Crippen molar-refractivity contribution in [2.24, 2.45) is 0 Å². The molecular weight excluding hydrogens is 406 g/mol. The van der Waals surface area contributed by atoms with Crippen molar-refractivity contribution in [2.75, 3.05) is 5.32 Å². The molecule has 0 unspecified atom stereocenters. The van der Waals surface area contributed by atoms with Gasteiger partial charge in [-0.1, -0.05) is 62.4 Å². The van der Waals surface area contributed by atoms with Gasteiger partial charge in [-0.05, 0) is 73.9 Å². The Morgan fingerprint density at radius 2 is 1.52 bits per heavy atom. The van der Waals surface area contributed by atoms with Gasteiger partial charge >= 0.3 is 0 Å². The highest BCUT2D eigenvalue weighted by Gasteiger charge is 2.21. The smallest absolute Gasteiger partial charge is 0.159 e. The van der Waals surface area contributed by atoms with E-state index in [1.807, 2.05) is 24.3 Å². The molecule has 1 N–H and O–H groups in total. The Bertz CT molecular complexity index is 1320. The van der Waals surface area contributed by atoms with Gasteiger partial charge in [0.15, 0.2) is 5.78 Å². The van der Waals surface area contributed by atoms with Crippen molar-refractivity contribution in [1.29, 1.82) is 0 Å². The lowest BCUT2D eigenvalue weighted by Crippen LogP contribution is -2.05. The van der Waals surface area contributed by atoms with Crippen LogP contribution in [-0.4, -0.2) is 5.78 Å². The number of carbonyl (C=O) groups excluding carboxylic acids is 1. The third-order valence-corrected chi connectivity index (χ3v) is 6.81. The van der Waals surface area contributed by atoms with E-state index < -0.39 is 0 Å². The van der Waals surface area contributed by atoms with Crippen LogP contribution in [0.5, 0.6) is 0 Å². The van der Waals surface area contributed by atoms with Crippen molar-refractivity contribution in [2.45, 2.75) is 60.9 Å². The molecule has 0 fully saturated rings. The van der Waals surface area contributed by atoms with E-state index in [0.29, 0.717) is 12.5 Å². The van der Waals surface area contributed by atoms with Crippen molar-refractivity contribution in [1.82, 2.24) is 0 Å². The first kappa shape index (κ1) is 22.8. The summed E-state index contributed by atoms with van der Waals surface area (Å²) in [6.45, 7) is 15.3. The quantitative estimate of drug-likeness (QED) is 0.307. The molecule has 4 rings (SSSR count). The predicted octanol–water partition coefficient (Wildman–Crippen LogP) is 8.27. The molecule has 0 aliphatic carbocycles. The Labute approximate surface area is 196 Å². The van der Waals surface area contributed by atoms with Gasteiger partial charge in [-0.15, -0.1) is 0 Å². The fraction of sp³-hybridized carbons (Fsp3) is 0.300. The maximum atomic E-state index is 11.6. The summed E-state index contributed by atoms with van der Waals surface area (Å²) in [4.78, 5) is 11.6. The van der Waals surface area contributed by atoms with Crippen molar-refractivity contribution in [3.05, 3.63) is 87.7 Å². The van der Waals surface area contributed by atoms with Gasteiger partial charge in [0.2, 0.25) is 0 Å². The number of hydrogen-bond acceptors (Lipinski definition) is 3. The minimum Gasteiger partial charge on any atom is -0.460 e. The number of carbonyl (C=O) groups is 1. The van der Waals surface area contributed by atoms with Gasteiger partial charge in [0.1, 0.15) is 11.3 Å². The van der Waals surface area contributed by atoms with Gasteiger partial charge in [0, 0.05) is 28.7 Å². The van der Waals surface area contributed by atoms with E-state index in [1.165, 1.54) is 33.2 Å². The second kappa shape index (κ2) is 8.90. The molecule has 0 atom stereocenters. The van der Waals surface area contributed by atoms with Gasteiger partial charge in [-0.25, -0.2) is 0 Å². The molecule has 0 aliphatic rings. The first-order valence-electron chi connectivity index (χ1n) is 11.7. The minimum atomic E-state index is 0.0894. The summed E-state index contributed by atoms with van der Waals surface area (Å²) in [6, 6.07) is 16.7. The molecule has 170 valence electrons. The van der Waals surface area contributed by atoms with E-state index in [1.54, 1.807) is 6.92 Å². The summed E-state index contributed by atoms with van der Waals surface area (Å²) in [6.07, 6.45) is 0. The Morgan fingerprint density at radius 3 is 2.09 bits per heavy atom. The Hall–Kier alpha value is -3.33. The maximum Gasteiger partial charge on any atom is 0.159 e. The average Bonchev–Trinajstić information content (AvgIpc) is 3.15. The van der Waals surface area contributed by atoms with E-state index >= 15 is 0 Å². The van der Waals surface area contributed by atoms with Crippen LogP contribution in [0.15, 0.2) is 52.9 Å². The normalized spacial score (nSPS) is 11.4. The summed E-state index contributed by atoms with van der Waals surface area (Å²) in [5, 5.41) is 4.85. The summed E-state index contributed by atoms with van der Waals surface area (Å²) in [7, 11) is 0. The lowest BCUT2D eigenvalue weighted by atomic mass is 9.92. The molecule has 3 heteroatoms. The Morgan fingerprint density at radius 1 is 0.879 bits per heavy atom. The number of aryl methyl sites for hydroxylation is 3. The van der Waals surface area contributed by atoms with Crippen LogP contribution in [0.3, 0.4) is 0 Å². The average molecular weight is 440 g/mol. The summed E-state index contributed by atoms with van der Waals surface area (Å²) in [5.41, 5.74) is 11.3. The van der Waals surface area contributed by atoms with Crippen LogP contribution in [-0.2, 0) is 6.54 Å². The third kappa shape index (κ3) is 4.20. The fourth-order valence-electron chi connectivity index (χ4n) is 4.63. The summed E-state index contributed by atoms with van der Waals surface area (Å²) < 4.78 is 6.32. The summed E-state index contributed by atoms with van der Waals surface area (Å²) in [5.74, 6) is 1.55. The highest BCUT2D eigenvalue weighted by molar-refractivity contribution is 6.03. The molecule has 0 radical (unpaired) electrons. The van der Waals surface area contributed by atoms with E-state index in [9.17, 15) is 4.79 Å². The molecule has 0 amide bonds. The first-order valence-corrected chi connectivity index (χ1v) is 11.7. The van der Waals surface area contributed by atoms with E-state index in [0.717, 1.165) is 33.7 Å². The largest absolute Gasteiger partial charge is 0.460 e. The molecule has 0 aliphatic heterocycles. The van der Waals surface area contributed by atoms with Crippen LogP contribution in [0.25, 0.3) is 22.1 Å². The lowest BCUT2D eigenvalue weighted by molar-refractivity contribution is 0.101. The molecule has 33 heavy (non-hydrogen) atoms. The van der Waals surface area contributed by atoms with Gasteiger partial charge in [0.25, 0.3) is 0 Å².